The zero-order valence-electron chi connectivity index (χ0n) is 19.0. The number of hydrogen-bond donors (Lipinski definition) is 0. The third kappa shape index (κ3) is 2.84. The molecular formula is C28H32O4. The van der Waals surface area contributed by atoms with E-state index in [1.165, 1.54) is 19.3 Å². The van der Waals surface area contributed by atoms with Gasteiger partial charge in [-0.15, -0.1) is 0 Å². The molecule has 0 heterocycles. The Bertz CT molecular complexity index is 997. The van der Waals surface area contributed by atoms with Crippen molar-refractivity contribution in [3.63, 3.8) is 0 Å². The van der Waals surface area contributed by atoms with Crippen molar-refractivity contribution in [3.8, 4) is 0 Å². The molecule has 4 nitrogen and oxygen atoms in total. The first kappa shape index (κ1) is 20.4. The summed E-state index contributed by atoms with van der Waals surface area (Å²) in [6.45, 7) is 4.08. The van der Waals surface area contributed by atoms with E-state index in [-0.39, 0.29) is 47.4 Å². The normalized spacial score (nSPS) is 37.9. The summed E-state index contributed by atoms with van der Waals surface area (Å²) in [4.78, 5) is 38.5. The van der Waals surface area contributed by atoms with Gasteiger partial charge in [0.1, 0.15) is 17.2 Å². The Labute approximate surface area is 189 Å². The zero-order chi connectivity index (χ0) is 22.2. The van der Waals surface area contributed by atoms with Gasteiger partial charge in [-0.25, -0.2) is 4.79 Å². The van der Waals surface area contributed by atoms with Crippen LogP contribution < -0.4 is 0 Å². The number of carbonyl (C=O) groups excluding carboxylic acids is 3. The molecule has 7 atom stereocenters. The second-order valence-electron chi connectivity index (χ2n) is 11.3. The number of ether oxygens (including phenoxy) is 1. The second-order valence-corrected chi connectivity index (χ2v) is 11.3. The molecule has 4 saturated carbocycles. The maximum absolute atomic E-state index is 13.1. The van der Waals surface area contributed by atoms with E-state index in [1.54, 1.807) is 0 Å². The van der Waals surface area contributed by atoms with Crippen LogP contribution in [0.25, 0.3) is 0 Å². The van der Waals surface area contributed by atoms with Crippen LogP contribution in [-0.4, -0.2) is 23.1 Å². The van der Waals surface area contributed by atoms with Crippen LogP contribution in [0.5, 0.6) is 0 Å². The summed E-state index contributed by atoms with van der Waals surface area (Å²) in [6.07, 6.45) is 10.9. The van der Waals surface area contributed by atoms with E-state index >= 15 is 0 Å². The van der Waals surface area contributed by atoms with Crippen LogP contribution in [0.3, 0.4) is 0 Å². The van der Waals surface area contributed by atoms with Gasteiger partial charge in [-0.1, -0.05) is 43.5 Å². The summed E-state index contributed by atoms with van der Waals surface area (Å²) in [5.74, 6) is 1.37. The van der Waals surface area contributed by atoms with Crippen LogP contribution in [0.1, 0.15) is 74.2 Å². The molecule has 5 aliphatic carbocycles. The molecule has 0 amide bonds. The quantitative estimate of drug-likeness (QED) is 0.376. The number of rotatable bonds is 4. The fourth-order valence-electron chi connectivity index (χ4n) is 7.92. The van der Waals surface area contributed by atoms with Crippen molar-refractivity contribution in [2.24, 2.45) is 41.4 Å². The lowest BCUT2D eigenvalue weighted by molar-refractivity contribution is -0.125. The molecule has 0 spiro atoms. The molecule has 7 unspecified atom stereocenters. The maximum Gasteiger partial charge on any atom is 0.338 e. The largest absolute Gasteiger partial charge is 0.456 e. The predicted octanol–water partition coefficient (Wildman–Crippen LogP) is 5.12. The van der Waals surface area contributed by atoms with E-state index in [0.717, 1.165) is 24.8 Å². The van der Waals surface area contributed by atoms with Crippen LogP contribution in [0.2, 0.25) is 0 Å². The van der Waals surface area contributed by atoms with Gasteiger partial charge in [0, 0.05) is 23.7 Å². The number of esters is 1. The third-order valence-electron chi connectivity index (χ3n) is 9.49. The summed E-state index contributed by atoms with van der Waals surface area (Å²) in [6, 6.07) is 7.72. The molecule has 1 aromatic carbocycles. The van der Waals surface area contributed by atoms with Gasteiger partial charge in [0.15, 0.2) is 0 Å². The molecule has 32 heavy (non-hydrogen) atoms. The Kier molecular flexibility index (Phi) is 4.54. The number of Topliss-reactive ketones (excluding diaryl/α,β-unsaturated/α-hetero) is 2. The van der Waals surface area contributed by atoms with Crippen LogP contribution >= 0.6 is 0 Å². The van der Waals surface area contributed by atoms with Gasteiger partial charge in [0.25, 0.3) is 0 Å². The lowest BCUT2D eigenvalue weighted by Gasteiger charge is -2.36. The van der Waals surface area contributed by atoms with Crippen molar-refractivity contribution in [2.75, 3.05) is 0 Å². The van der Waals surface area contributed by atoms with Crippen molar-refractivity contribution >= 4 is 17.5 Å². The van der Waals surface area contributed by atoms with Gasteiger partial charge in [0.2, 0.25) is 0 Å². The third-order valence-corrected chi connectivity index (χ3v) is 9.49. The molecule has 4 heteroatoms. The topological polar surface area (TPSA) is 60.4 Å². The number of carbonyl (C=O) groups is 3. The fourth-order valence-corrected chi connectivity index (χ4v) is 7.92. The highest BCUT2D eigenvalue weighted by Gasteiger charge is 2.68. The molecule has 4 bridgehead atoms. The molecule has 0 saturated heterocycles. The number of benzene rings is 1. The van der Waals surface area contributed by atoms with Crippen LogP contribution in [0.15, 0.2) is 36.4 Å². The van der Waals surface area contributed by atoms with Crippen molar-refractivity contribution in [1.29, 1.82) is 0 Å². The van der Waals surface area contributed by atoms with Crippen molar-refractivity contribution in [2.45, 2.75) is 63.9 Å². The highest BCUT2D eigenvalue weighted by atomic mass is 16.6. The molecule has 0 aromatic heterocycles. The SMILES string of the molecule is CC(C)(OC(=O)c1ccc(C2CC3C(=O)C2C2C4C=CC(C4=O)C32)cc1)C1CCCCC1. The van der Waals surface area contributed by atoms with Crippen LogP contribution in [0.4, 0.5) is 0 Å². The van der Waals surface area contributed by atoms with Gasteiger partial charge < -0.3 is 4.74 Å². The number of fused-ring (bicyclic) bond motifs is 9. The zero-order valence-corrected chi connectivity index (χ0v) is 19.0. The Morgan fingerprint density at radius 3 is 2.22 bits per heavy atom. The van der Waals surface area contributed by atoms with Crippen LogP contribution in [-0.2, 0) is 14.3 Å². The van der Waals surface area contributed by atoms with E-state index in [9.17, 15) is 14.4 Å². The van der Waals surface area contributed by atoms with Gasteiger partial charge in [-0.05, 0) is 74.5 Å². The van der Waals surface area contributed by atoms with Gasteiger partial charge >= 0.3 is 5.97 Å². The van der Waals surface area contributed by atoms with E-state index in [4.69, 9.17) is 4.74 Å². The standard InChI is InChI=1S/C28H32O4/c1-28(2,17-6-4-3-5-7-17)32-27(31)16-10-8-15(9-11-16)20-14-21-22-18-12-13-19(25(18)29)23(22)24(20)26(21)30/h8-13,17-24H,3-7,14H2,1-2H3. The van der Waals surface area contributed by atoms with Crippen molar-refractivity contribution in [1.82, 2.24) is 0 Å². The van der Waals surface area contributed by atoms with Crippen molar-refractivity contribution < 1.29 is 19.1 Å². The number of allylic oxidation sites excluding steroid dienone is 2. The second kappa shape index (κ2) is 7.13. The molecule has 168 valence electrons. The minimum absolute atomic E-state index is 0.0189. The van der Waals surface area contributed by atoms with E-state index in [0.29, 0.717) is 23.0 Å². The molecule has 6 rings (SSSR count). The summed E-state index contributed by atoms with van der Waals surface area (Å²) >= 11 is 0. The first-order chi connectivity index (χ1) is 15.4. The predicted molar refractivity (Wildman–Crippen MR) is 120 cm³/mol. The fraction of sp³-hybridized carbons (Fsp3) is 0.607. The highest BCUT2D eigenvalue weighted by molar-refractivity contribution is 5.99. The highest BCUT2D eigenvalue weighted by Crippen LogP contribution is 2.66. The summed E-state index contributed by atoms with van der Waals surface area (Å²) in [7, 11) is 0. The minimum Gasteiger partial charge on any atom is -0.456 e. The van der Waals surface area contributed by atoms with Gasteiger partial charge in [-0.2, -0.15) is 0 Å². The average molecular weight is 433 g/mol. The molecule has 0 aliphatic heterocycles. The molecule has 4 fully saturated rings. The average Bonchev–Trinajstić information content (AvgIpc) is 3.50. The summed E-state index contributed by atoms with van der Waals surface area (Å²) < 4.78 is 5.96. The van der Waals surface area contributed by atoms with Gasteiger partial charge in [-0.3, -0.25) is 9.59 Å². The Morgan fingerprint density at radius 1 is 0.875 bits per heavy atom. The minimum atomic E-state index is -0.454. The summed E-state index contributed by atoms with van der Waals surface area (Å²) in [5.41, 5.74) is 1.24. The lowest BCUT2D eigenvalue weighted by Crippen LogP contribution is -2.37. The first-order valence-electron chi connectivity index (χ1n) is 12.5. The molecule has 0 radical (unpaired) electrons. The van der Waals surface area contributed by atoms with Crippen molar-refractivity contribution in [3.05, 3.63) is 47.5 Å². The maximum atomic E-state index is 13.1. The molecular weight excluding hydrogens is 400 g/mol. The first-order valence-corrected chi connectivity index (χ1v) is 12.5. The van der Waals surface area contributed by atoms with E-state index in [2.05, 4.69) is 0 Å². The van der Waals surface area contributed by atoms with Crippen LogP contribution in [0, 0.1) is 41.4 Å². The lowest BCUT2D eigenvalue weighted by atomic mass is 9.68. The molecule has 1 aromatic rings. The van der Waals surface area contributed by atoms with E-state index < -0.39 is 5.60 Å². The monoisotopic (exact) mass is 432 g/mol. The molecule has 0 N–H and O–H groups in total. The number of ketones is 2. The summed E-state index contributed by atoms with van der Waals surface area (Å²) in [5, 5.41) is 0. The van der Waals surface area contributed by atoms with E-state index in [1.807, 2.05) is 50.3 Å². The Balaban J connectivity index is 1.17. The molecule has 5 aliphatic rings. The smallest absolute Gasteiger partial charge is 0.338 e. The number of hydrogen-bond acceptors (Lipinski definition) is 4. The Morgan fingerprint density at radius 2 is 1.53 bits per heavy atom. The Hall–Kier alpha value is -2.23. The van der Waals surface area contributed by atoms with Gasteiger partial charge in [0.05, 0.1) is 5.56 Å².